The average Bonchev–Trinajstić information content (AvgIpc) is 2.59. The van der Waals surface area contributed by atoms with Gasteiger partial charge in [0.2, 0.25) is 5.89 Å². The van der Waals surface area contributed by atoms with Gasteiger partial charge >= 0.3 is 0 Å². The molecule has 5 nitrogen and oxygen atoms in total. The first-order valence-corrected chi connectivity index (χ1v) is 5.46. The highest BCUT2D eigenvalue weighted by atomic mass is 16.5. The van der Waals surface area contributed by atoms with Crippen molar-refractivity contribution < 1.29 is 9.63 Å². The van der Waals surface area contributed by atoms with E-state index in [0.717, 1.165) is 44.2 Å². The maximum atomic E-state index is 8.87. The summed E-state index contributed by atoms with van der Waals surface area (Å²) in [5.74, 6) is 1.92. The largest absolute Gasteiger partial charge is 0.396 e. The van der Waals surface area contributed by atoms with Gasteiger partial charge in [-0.2, -0.15) is 4.98 Å². The normalized spacial score (nSPS) is 18.0. The number of hydrogen-bond acceptors (Lipinski definition) is 5. The smallest absolute Gasteiger partial charge is 0.226 e. The van der Waals surface area contributed by atoms with Crippen LogP contribution >= 0.6 is 0 Å². The molecule has 2 heterocycles. The number of aromatic nitrogens is 2. The van der Waals surface area contributed by atoms with Crippen molar-refractivity contribution in [1.29, 1.82) is 0 Å². The zero-order chi connectivity index (χ0) is 10.7. The number of hydrogen-bond donors (Lipinski definition) is 1. The van der Waals surface area contributed by atoms with E-state index in [0.29, 0.717) is 5.92 Å². The van der Waals surface area contributed by atoms with E-state index in [1.54, 1.807) is 0 Å². The number of nitrogens with zero attached hydrogens (tertiary/aromatic N) is 3. The molecule has 1 aromatic rings. The maximum Gasteiger partial charge on any atom is 0.226 e. The van der Waals surface area contributed by atoms with Crippen LogP contribution in [0.15, 0.2) is 4.52 Å². The molecule has 0 bridgehead atoms. The lowest BCUT2D eigenvalue weighted by Crippen LogP contribution is -2.47. The van der Waals surface area contributed by atoms with Crippen LogP contribution in [-0.4, -0.2) is 39.8 Å². The number of rotatable bonds is 5. The molecule has 0 aliphatic carbocycles. The zero-order valence-corrected chi connectivity index (χ0v) is 9.02. The second-order valence-corrected chi connectivity index (χ2v) is 4.10. The van der Waals surface area contributed by atoms with Gasteiger partial charge in [0.1, 0.15) is 0 Å². The highest BCUT2D eigenvalue weighted by Crippen LogP contribution is 2.16. The van der Waals surface area contributed by atoms with E-state index in [2.05, 4.69) is 22.0 Å². The monoisotopic (exact) mass is 211 g/mol. The fourth-order valence-electron chi connectivity index (χ4n) is 1.79. The topological polar surface area (TPSA) is 62.4 Å². The van der Waals surface area contributed by atoms with Crippen LogP contribution in [0.2, 0.25) is 0 Å². The molecular formula is C10H17N3O2. The summed E-state index contributed by atoms with van der Waals surface area (Å²) in [6.07, 6.45) is 1.88. The summed E-state index contributed by atoms with van der Waals surface area (Å²) < 4.78 is 5.09. The summed E-state index contributed by atoms with van der Waals surface area (Å²) in [4.78, 5) is 6.50. The predicted octanol–water partition coefficient (Wildman–Crippen LogP) is 0.446. The van der Waals surface area contributed by atoms with Crippen molar-refractivity contribution in [2.75, 3.05) is 19.7 Å². The van der Waals surface area contributed by atoms with Crippen molar-refractivity contribution in [3.8, 4) is 0 Å². The summed E-state index contributed by atoms with van der Waals surface area (Å²) in [5.41, 5.74) is 0. The Bertz CT molecular complexity index is 307. The van der Waals surface area contributed by atoms with E-state index in [-0.39, 0.29) is 6.61 Å². The average molecular weight is 211 g/mol. The number of aliphatic hydroxyl groups excluding tert-OH is 1. The Kier molecular flexibility index (Phi) is 3.33. The van der Waals surface area contributed by atoms with E-state index < -0.39 is 0 Å². The summed E-state index contributed by atoms with van der Waals surface area (Å²) in [5, 5.41) is 12.8. The lowest BCUT2D eigenvalue weighted by Gasteiger charge is -2.37. The zero-order valence-electron chi connectivity index (χ0n) is 9.02. The van der Waals surface area contributed by atoms with Gasteiger partial charge in [0.15, 0.2) is 5.82 Å². The van der Waals surface area contributed by atoms with E-state index in [4.69, 9.17) is 9.63 Å². The van der Waals surface area contributed by atoms with Gasteiger partial charge in [0, 0.05) is 32.0 Å². The molecule has 1 saturated heterocycles. The third-order valence-corrected chi connectivity index (χ3v) is 2.63. The van der Waals surface area contributed by atoms with Crippen LogP contribution in [0.5, 0.6) is 0 Å². The highest BCUT2D eigenvalue weighted by molar-refractivity contribution is 4.89. The Hall–Kier alpha value is -0.940. The Balaban J connectivity index is 1.79. The van der Waals surface area contributed by atoms with Gasteiger partial charge in [-0.05, 0) is 6.42 Å². The third-order valence-electron chi connectivity index (χ3n) is 2.63. The molecule has 0 unspecified atom stereocenters. The van der Waals surface area contributed by atoms with Crippen LogP contribution in [0.3, 0.4) is 0 Å². The second-order valence-electron chi connectivity index (χ2n) is 4.10. The minimum absolute atomic E-state index is 0.282. The Morgan fingerprint density at radius 1 is 1.53 bits per heavy atom. The van der Waals surface area contributed by atoms with Gasteiger partial charge in [-0.1, -0.05) is 12.1 Å². The van der Waals surface area contributed by atoms with Gasteiger partial charge in [0.25, 0.3) is 0 Å². The second kappa shape index (κ2) is 4.72. The van der Waals surface area contributed by atoms with Crippen molar-refractivity contribution in [3.05, 3.63) is 11.7 Å². The minimum atomic E-state index is 0.282. The van der Waals surface area contributed by atoms with E-state index in [9.17, 15) is 0 Å². The van der Waals surface area contributed by atoms with Crippen molar-refractivity contribution >= 4 is 0 Å². The van der Waals surface area contributed by atoms with E-state index in [1.165, 1.54) is 0 Å². The van der Waals surface area contributed by atoms with Gasteiger partial charge < -0.3 is 9.63 Å². The van der Waals surface area contributed by atoms with E-state index in [1.807, 2.05) is 0 Å². The first kappa shape index (κ1) is 10.6. The predicted molar refractivity (Wildman–Crippen MR) is 54.1 cm³/mol. The molecule has 1 aliphatic heterocycles. The molecule has 0 radical (unpaired) electrons. The maximum absolute atomic E-state index is 8.87. The molecule has 1 fully saturated rings. The SMILES string of the molecule is CCCc1nc(CN2CC(CO)C2)no1. The van der Waals surface area contributed by atoms with E-state index >= 15 is 0 Å². The van der Waals surface area contributed by atoms with Crippen LogP contribution in [0.1, 0.15) is 25.1 Å². The van der Waals surface area contributed by atoms with Gasteiger partial charge in [-0.25, -0.2) is 0 Å². The Labute approximate surface area is 89.1 Å². The fraction of sp³-hybridized carbons (Fsp3) is 0.800. The van der Waals surface area contributed by atoms with Crippen molar-refractivity contribution in [3.63, 3.8) is 0 Å². The molecule has 0 saturated carbocycles. The molecule has 5 heteroatoms. The highest BCUT2D eigenvalue weighted by Gasteiger charge is 2.26. The van der Waals surface area contributed by atoms with Crippen molar-refractivity contribution in [2.24, 2.45) is 5.92 Å². The van der Waals surface area contributed by atoms with Gasteiger partial charge in [0.05, 0.1) is 6.54 Å². The van der Waals surface area contributed by atoms with Crippen LogP contribution in [0.4, 0.5) is 0 Å². The molecule has 0 spiro atoms. The third kappa shape index (κ3) is 2.54. The molecule has 0 atom stereocenters. The first-order chi connectivity index (χ1) is 7.31. The molecule has 0 aromatic carbocycles. The molecule has 84 valence electrons. The Morgan fingerprint density at radius 3 is 3.00 bits per heavy atom. The van der Waals surface area contributed by atoms with Crippen molar-refractivity contribution in [2.45, 2.75) is 26.3 Å². The van der Waals surface area contributed by atoms with Crippen LogP contribution in [0.25, 0.3) is 0 Å². The Morgan fingerprint density at radius 2 is 2.33 bits per heavy atom. The number of aliphatic hydroxyl groups is 1. The summed E-state index contributed by atoms with van der Waals surface area (Å²) in [6.45, 7) is 4.99. The van der Waals surface area contributed by atoms with Gasteiger partial charge in [-0.15, -0.1) is 0 Å². The quantitative estimate of drug-likeness (QED) is 0.766. The van der Waals surface area contributed by atoms with Crippen molar-refractivity contribution in [1.82, 2.24) is 15.0 Å². The van der Waals surface area contributed by atoms with Gasteiger partial charge in [-0.3, -0.25) is 4.90 Å². The first-order valence-electron chi connectivity index (χ1n) is 5.46. The molecular weight excluding hydrogens is 194 g/mol. The molecule has 1 aromatic heterocycles. The summed E-state index contributed by atoms with van der Waals surface area (Å²) >= 11 is 0. The fourth-order valence-corrected chi connectivity index (χ4v) is 1.79. The van der Waals surface area contributed by atoms with Crippen LogP contribution in [0, 0.1) is 5.92 Å². The summed E-state index contributed by atoms with van der Waals surface area (Å²) in [6, 6.07) is 0. The molecule has 2 rings (SSSR count). The lowest BCUT2D eigenvalue weighted by molar-refractivity contribution is 0.0454. The number of aryl methyl sites for hydroxylation is 1. The summed E-state index contributed by atoms with van der Waals surface area (Å²) in [7, 11) is 0. The number of likely N-dealkylation sites (tertiary alicyclic amines) is 1. The minimum Gasteiger partial charge on any atom is -0.396 e. The van der Waals surface area contributed by atoms with Crippen LogP contribution in [-0.2, 0) is 13.0 Å². The molecule has 1 aliphatic rings. The van der Waals surface area contributed by atoms with Crippen LogP contribution < -0.4 is 0 Å². The lowest BCUT2D eigenvalue weighted by atomic mass is 10.0. The molecule has 15 heavy (non-hydrogen) atoms. The molecule has 0 amide bonds. The standard InChI is InChI=1S/C10H17N3O2/c1-2-3-10-11-9(12-15-10)6-13-4-8(5-13)7-14/h8,14H,2-7H2,1H3. The molecule has 1 N–H and O–H groups in total.